The number of hydrogen-bond acceptors (Lipinski definition) is 3. The largest absolute Gasteiger partial charge is 0.493 e. The van der Waals surface area contributed by atoms with Crippen LogP contribution in [0, 0.1) is 5.92 Å². The highest BCUT2D eigenvalue weighted by Crippen LogP contribution is 2.32. The molecular formula is C25H35NO3. The van der Waals surface area contributed by atoms with Crippen LogP contribution in [-0.4, -0.2) is 19.1 Å². The molecule has 4 heteroatoms. The summed E-state index contributed by atoms with van der Waals surface area (Å²) in [5.74, 6) is 2.10. The molecule has 0 spiro atoms. The second-order valence-corrected chi connectivity index (χ2v) is 8.73. The molecule has 0 fully saturated rings. The molecule has 0 aliphatic carbocycles. The summed E-state index contributed by atoms with van der Waals surface area (Å²) in [5, 5.41) is 2.99. The average Bonchev–Trinajstić information content (AvgIpc) is 2.66. The molecule has 158 valence electrons. The Balaban J connectivity index is 2.19. The van der Waals surface area contributed by atoms with E-state index in [-0.39, 0.29) is 11.3 Å². The number of carbonyl (C=O) groups is 1. The lowest BCUT2D eigenvalue weighted by molar-refractivity contribution is 0.0952. The van der Waals surface area contributed by atoms with Gasteiger partial charge >= 0.3 is 0 Å². The molecule has 0 saturated heterocycles. The van der Waals surface area contributed by atoms with E-state index >= 15 is 0 Å². The van der Waals surface area contributed by atoms with Gasteiger partial charge in [0.15, 0.2) is 0 Å². The fourth-order valence-electron chi connectivity index (χ4n) is 3.07. The average molecular weight is 398 g/mol. The van der Waals surface area contributed by atoms with Crippen molar-refractivity contribution in [3.63, 3.8) is 0 Å². The summed E-state index contributed by atoms with van der Waals surface area (Å²) < 4.78 is 11.9. The van der Waals surface area contributed by atoms with Crippen LogP contribution < -0.4 is 14.8 Å². The lowest BCUT2D eigenvalue weighted by atomic mass is 9.86. The van der Waals surface area contributed by atoms with Gasteiger partial charge < -0.3 is 14.8 Å². The number of amides is 1. The van der Waals surface area contributed by atoms with Crippen molar-refractivity contribution < 1.29 is 14.3 Å². The molecule has 0 radical (unpaired) electrons. The van der Waals surface area contributed by atoms with Crippen molar-refractivity contribution in [3.8, 4) is 11.5 Å². The third kappa shape index (κ3) is 6.81. The van der Waals surface area contributed by atoms with Gasteiger partial charge in [0.05, 0.1) is 6.61 Å². The van der Waals surface area contributed by atoms with Crippen LogP contribution in [-0.2, 0) is 12.0 Å². The van der Waals surface area contributed by atoms with E-state index in [0.717, 1.165) is 29.0 Å². The molecule has 0 bridgehead atoms. The second kappa shape index (κ2) is 10.3. The van der Waals surface area contributed by atoms with E-state index in [4.69, 9.17) is 9.47 Å². The number of para-hydroxylation sites is 1. The summed E-state index contributed by atoms with van der Waals surface area (Å²) in [5.41, 5.74) is 2.63. The highest BCUT2D eigenvalue weighted by molar-refractivity contribution is 5.94. The predicted molar refractivity (Wildman–Crippen MR) is 119 cm³/mol. The normalized spacial score (nSPS) is 11.4. The number of ether oxygens (including phenoxy) is 2. The third-order valence-corrected chi connectivity index (χ3v) is 4.71. The molecule has 1 N–H and O–H groups in total. The van der Waals surface area contributed by atoms with Crippen molar-refractivity contribution in [1.29, 1.82) is 0 Å². The van der Waals surface area contributed by atoms with Crippen LogP contribution in [0.1, 0.15) is 69.4 Å². The van der Waals surface area contributed by atoms with Crippen LogP contribution in [0.3, 0.4) is 0 Å². The second-order valence-electron chi connectivity index (χ2n) is 8.73. The van der Waals surface area contributed by atoms with E-state index in [1.807, 2.05) is 43.3 Å². The van der Waals surface area contributed by atoms with E-state index in [1.165, 1.54) is 0 Å². The Labute approximate surface area is 175 Å². The fraction of sp³-hybridized carbons (Fsp3) is 0.480. The zero-order valence-corrected chi connectivity index (χ0v) is 18.7. The molecule has 0 unspecified atom stereocenters. The van der Waals surface area contributed by atoms with Crippen LogP contribution >= 0.6 is 0 Å². The van der Waals surface area contributed by atoms with E-state index in [9.17, 15) is 4.79 Å². The topological polar surface area (TPSA) is 47.6 Å². The highest BCUT2D eigenvalue weighted by atomic mass is 16.5. The summed E-state index contributed by atoms with van der Waals surface area (Å²) in [6.45, 7) is 14.3. The van der Waals surface area contributed by atoms with Crippen molar-refractivity contribution in [2.45, 2.75) is 60.0 Å². The van der Waals surface area contributed by atoms with Crippen molar-refractivity contribution in [2.75, 3.05) is 13.2 Å². The number of rotatable bonds is 9. The van der Waals surface area contributed by atoms with Gasteiger partial charge in [0.2, 0.25) is 0 Å². The number of nitrogens with one attached hydrogen (secondary N) is 1. The first-order chi connectivity index (χ1) is 13.7. The van der Waals surface area contributed by atoms with Gasteiger partial charge in [0.25, 0.3) is 5.91 Å². The molecule has 0 aliphatic rings. The van der Waals surface area contributed by atoms with Crippen LogP contribution in [0.15, 0.2) is 42.5 Å². The maximum Gasteiger partial charge on any atom is 0.251 e. The minimum atomic E-state index is -0.0648. The Kier molecular flexibility index (Phi) is 8.12. The van der Waals surface area contributed by atoms with Gasteiger partial charge in [0, 0.05) is 17.7 Å². The summed E-state index contributed by atoms with van der Waals surface area (Å²) in [6, 6.07) is 13.6. The number of hydrogen-bond donors (Lipinski definition) is 1. The lowest BCUT2D eigenvalue weighted by Gasteiger charge is -2.23. The molecule has 29 heavy (non-hydrogen) atoms. The molecule has 4 nitrogen and oxygen atoms in total. The van der Waals surface area contributed by atoms with Crippen LogP contribution in [0.4, 0.5) is 0 Å². The summed E-state index contributed by atoms with van der Waals surface area (Å²) in [6.07, 6.45) is 0.961. The quantitative estimate of drug-likeness (QED) is 0.587. The first-order valence-corrected chi connectivity index (χ1v) is 10.5. The standard InChI is InChI=1S/C25H35NO3/c1-7-28-22-13-12-19(24(27)26-15-14-18(2)3)16-20(22)17-29-23-11-9-8-10-21(23)25(4,5)6/h8-13,16,18H,7,14-15,17H2,1-6H3,(H,26,27). The Morgan fingerprint density at radius 3 is 2.41 bits per heavy atom. The zero-order valence-electron chi connectivity index (χ0n) is 18.7. The van der Waals surface area contributed by atoms with Gasteiger partial charge in [-0.15, -0.1) is 0 Å². The van der Waals surface area contributed by atoms with Gasteiger partial charge in [-0.25, -0.2) is 0 Å². The van der Waals surface area contributed by atoms with Crippen LogP contribution in [0.2, 0.25) is 0 Å². The van der Waals surface area contributed by atoms with Gasteiger partial charge in [-0.2, -0.15) is 0 Å². The number of benzene rings is 2. The van der Waals surface area contributed by atoms with Gasteiger partial charge in [-0.3, -0.25) is 4.79 Å². The third-order valence-electron chi connectivity index (χ3n) is 4.71. The van der Waals surface area contributed by atoms with E-state index in [2.05, 4.69) is 46.0 Å². The minimum absolute atomic E-state index is 0.0164. The molecular weight excluding hydrogens is 362 g/mol. The minimum Gasteiger partial charge on any atom is -0.493 e. The van der Waals surface area contributed by atoms with Crippen LogP contribution in [0.25, 0.3) is 0 Å². The molecule has 0 aromatic heterocycles. The van der Waals surface area contributed by atoms with E-state index in [1.54, 1.807) is 0 Å². The monoisotopic (exact) mass is 397 g/mol. The maximum atomic E-state index is 12.5. The molecule has 0 heterocycles. The first kappa shape index (κ1) is 22.8. The zero-order chi connectivity index (χ0) is 21.4. The van der Waals surface area contributed by atoms with Crippen molar-refractivity contribution in [1.82, 2.24) is 5.32 Å². The van der Waals surface area contributed by atoms with Gasteiger partial charge in [-0.1, -0.05) is 52.8 Å². The fourth-order valence-corrected chi connectivity index (χ4v) is 3.07. The molecule has 0 aliphatic heterocycles. The first-order valence-electron chi connectivity index (χ1n) is 10.5. The molecule has 2 aromatic rings. The predicted octanol–water partition coefficient (Wildman–Crippen LogP) is 5.74. The Bertz CT molecular complexity index is 806. The molecule has 1 amide bonds. The van der Waals surface area contributed by atoms with Crippen molar-refractivity contribution >= 4 is 5.91 Å². The Morgan fingerprint density at radius 1 is 1.03 bits per heavy atom. The van der Waals surface area contributed by atoms with Crippen molar-refractivity contribution in [3.05, 3.63) is 59.2 Å². The van der Waals surface area contributed by atoms with Gasteiger partial charge in [0.1, 0.15) is 18.1 Å². The summed E-state index contributed by atoms with van der Waals surface area (Å²) >= 11 is 0. The summed E-state index contributed by atoms with van der Waals surface area (Å²) in [4.78, 5) is 12.5. The smallest absolute Gasteiger partial charge is 0.251 e. The van der Waals surface area contributed by atoms with Crippen molar-refractivity contribution in [2.24, 2.45) is 5.92 Å². The summed E-state index contributed by atoms with van der Waals surface area (Å²) in [7, 11) is 0. The maximum absolute atomic E-state index is 12.5. The van der Waals surface area contributed by atoms with E-state index in [0.29, 0.717) is 31.2 Å². The molecule has 2 rings (SSSR count). The molecule has 0 saturated carbocycles. The Hall–Kier alpha value is -2.49. The number of carbonyl (C=O) groups excluding carboxylic acids is 1. The van der Waals surface area contributed by atoms with Gasteiger partial charge in [-0.05, 0) is 54.5 Å². The highest BCUT2D eigenvalue weighted by Gasteiger charge is 2.19. The Morgan fingerprint density at radius 2 is 1.76 bits per heavy atom. The lowest BCUT2D eigenvalue weighted by Crippen LogP contribution is -2.25. The SMILES string of the molecule is CCOc1ccc(C(=O)NCCC(C)C)cc1COc1ccccc1C(C)(C)C. The molecule has 0 atom stereocenters. The van der Waals surface area contributed by atoms with Crippen LogP contribution in [0.5, 0.6) is 11.5 Å². The molecule has 2 aromatic carbocycles. The van der Waals surface area contributed by atoms with E-state index < -0.39 is 0 Å².